The Morgan fingerprint density at radius 1 is 1.22 bits per heavy atom. The van der Waals surface area contributed by atoms with Gasteiger partial charge in [0.05, 0.1) is 30.7 Å². The molecular formula is C17H26N4O2. The van der Waals surface area contributed by atoms with Crippen LogP contribution in [-0.4, -0.2) is 71.3 Å². The number of aromatic amines is 1. The number of likely N-dealkylation sites (tertiary alicyclic amines) is 1. The Labute approximate surface area is 137 Å². The highest BCUT2D eigenvalue weighted by Gasteiger charge is 2.34. The normalized spacial score (nSPS) is 26.4. The molecule has 6 nitrogen and oxygen atoms in total. The minimum absolute atomic E-state index is 0.179. The van der Waals surface area contributed by atoms with E-state index in [1.54, 1.807) is 6.20 Å². The molecule has 3 aliphatic rings. The van der Waals surface area contributed by atoms with E-state index >= 15 is 0 Å². The summed E-state index contributed by atoms with van der Waals surface area (Å²) in [5.41, 5.74) is 1.87. The van der Waals surface area contributed by atoms with Gasteiger partial charge in [-0.2, -0.15) is 5.10 Å². The zero-order valence-electron chi connectivity index (χ0n) is 13.7. The second-order valence-corrected chi connectivity index (χ2v) is 7.03. The van der Waals surface area contributed by atoms with Gasteiger partial charge in [-0.05, 0) is 32.1 Å². The number of nitrogens with one attached hydrogen (secondary N) is 1. The molecule has 0 bridgehead atoms. The average molecular weight is 318 g/mol. The number of amides is 1. The number of morpholine rings is 1. The number of carbonyl (C=O) groups excluding carboxylic acids is 1. The molecule has 1 aliphatic carbocycles. The van der Waals surface area contributed by atoms with Crippen LogP contribution in [0.25, 0.3) is 0 Å². The first-order valence-corrected chi connectivity index (χ1v) is 8.97. The molecule has 3 heterocycles. The van der Waals surface area contributed by atoms with Gasteiger partial charge < -0.3 is 9.64 Å². The van der Waals surface area contributed by atoms with Gasteiger partial charge in [-0.15, -0.1) is 0 Å². The van der Waals surface area contributed by atoms with Crippen molar-refractivity contribution in [2.45, 2.75) is 44.1 Å². The van der Waals surface area contributed by atoms with Gasteiger partial charge in [-0.25, -0.2) is 0 Å². The van der Waals surface area contributed by atoms with Crippen LogP contribution in [0.1, 0.15) is 54.1 Å². The summed E-state index contributed by atoms with van der Waals surface area (Å²) in [6.45, 7) is 5.45. The van der Waals surface area contributed by atoms with E-state index in [1.807, 2.05) is 0 Å². The summed E-state index contributed by atoms with van der Waals surface area (Å²) in [6, 6.07) is 0.330. The molecule has 2 saturated heterocycles. The molecule has 1 N–H and O–H groups in total. The molecule has 6 heteroatoms. The fraction of sp³-hybridized carbons (Fsp3) is 0.765. The maximum Gasteiger partial charge on any atom is 0.257 e. The van der Waals surface area contributed by atoms with Crippen molar-refractivity contribution in [3.05, 3.63) is 17.5 Å². The van der Waals surface area contributed by atoms with Crippen LogP contribution >= 0.6 is 0 Å². The molecule has 2 aliphatic heterocycles. The molecule has 126 valence electrons. The lowest BCUT2D eigenvalue weighted by Crippen LogP contribution is -2.51. The van der Waals surface area contributed by atoms with Crippen molar-refractivity contribution < 1.29 is 9.53 Å². The largest absolute Gasteiger partial charge is 0.379 e. The predicted molar refractivity (Wildman–Crippen MR) is 86.5 cm³/mol. The third kappa shape index (κ3) is 3.28. The van der Waals surface area contributed by atoms with Gasteiger partial charge in [0.15, 0.2) is 0 Å². The molecule has 0 radical (unpaired) electrons. The highest BCUT2D eigenvalue weighted by molar-refractivity contribution is 5.95. The fourth-order valence-electron chi connectivity index (χ4n) is 3.84. The minimum Gasteiger partial charge on any atom is -0.379 e. The number of rotatable bonds is 4. The molecular weight excluding hydrogens is 292 g/mol. The summed E-state index contributed by atoms with van der Waals surface area (Å²) in [5.74, 6) is 0.706. The molecule has 0 spiro atoms. The fourth-order valence-corrected chi connectivity index (χ4v) is 3.84. The van der Waals surface area contributed by atoms with Gasteiger partial charge in [-0.1, -0.05) is 0 Å². The Morgan fingerprint density at radius 3 is 2.83 bits per heavy atom. The van der Waals surface area contributed by atoms with Crippen LogP contribution in [0.2, 0.25) is 0 Å². The van der Waals surface area contributed by atoms with E-state index in [2.05, 4.69) is 20.0 Å². The monoisotopic (exact) mass is 318 g/mol. The quantitative estimate of drug-likeness (QED) is 0.916. The van der Waals surface area contributed by atoms with E-state index < -0.39 is 0 Å². The molecule has 1 unspecified atom stereocenters. The summed E-state index contributed by atoms with van der Waals surface area (Å²) in [6.07, 6.45) is 7.54. The van der Waals surface area contributed by atoms with E-state index in [1.165, 1.54) is 19.3 Å². The summed E-state index contributed by atoms with van der Waals surface area (Å²) >= 11 is 0. The van der Waals surface area contributed by atoms with Gasteiger partial charge in [-0.3, -0.25) is 14.8 Å². The second-order valence-electron chi connectivity index (χ2n) is 7.03. The van der Waals surface area contributed by atoms with Crippen molar-refractivity contribution in [2.24, 2.45) is 0 Å². The summed E-state index contributed by atoms with van der Waals surface area (Å²) in [5, 5.41) is 7.20. The van der Waals surface area contributed by atoms with E-state index in [0.29, 0.717) is 12.0 Å². The van der Waals surface area contributed by atoms with Gasteiger partial charge in [0.1, 0.15) is 0 Å². The van der Waals surface area contributed by atoms with Gasteiger partial charge in [0.2, 0.25) is 0 Å². The first-order valence-electron chi connectivity index (χ1n) is 8.97. The number of aromatic nitrogens is 2. The topological polar surface area (TPSA) is 61.5 Å². The predicted octanol–water partition coefficient (Wildman–Crippen LogP) is 1.61. The standard InChI is InChI=1S/C17H26N4O2/c22-17(15-11-18-19-16(15)13-4-5-13)21-6-2-1-3-14(21)12-20-7-9-23-10-8-20/h11,13-14H,1-10,12H2,(H,18,19). The van der Waals surface area contributed by atoms with Crippen LogP contribution in [0.5, 0.6) is 0 Å². The van der Waals surface area contributed by atoms with Crippen molar-refractivity contribution in [2.75, 3.05) is 39.4 Å². The lowest BCUT2D eigenvalue weighted by Gasteiger charge is -2.39. The number of hydrogen-bond donors (Lipinski definition) is 1. The molecule has 1 amide bonds. The number of carbonyl (C=O) groups is 1. The lowest BCUT2D eigenvalue weighted by molar-refractivity contribution is 0.0166. The highest BCUT2D eigenvalue weighted by Crippen LogP contribution is 2.40. The van der Waals surface area contributed by atoms with Crippen LogP contribution in [0, 0.1) is 0 Å². The maximum absolute atomic E-state index is 13.1. The smallest absolute Gasteiger partial charge is 0.257 e. The first-order chi connectivity index (χ1) is 11.3. The minimum atomic E-state index is 0.179. The molecule has 1 aromatic heterocycles. The van der Waals surface area contributed by atoms with Crippen LogP contribution in [0.3, 0.4) is 0 Å². The SMILES string of the molecule is O=C(c1cn[nH]c1C1CC1)N1CCCCC1CN1CCOCC1. The zero-order valence-corrected chi connectivity index (χ0v) is 13.7. The molecule has 1 atom stereocenters. The third-order valence-electron chi connectivity index (χ3n) is 5.35. The van der Waals surface area contributed by atoms with Crippen LogP contribution in [0.15, 0.2) is 6.20 Å². The number of piperidine rings is 1. The molecule has 3 fully saturated rings. The Bertz CT molecular complexity index is 549. The Kier molecular flexibility index (Phi) is 4.35. The number of ether oxygens (including phenoxy) is 1. The molecule has 4 rings (SSSR count). The number of nitrogens with zero attached hydrogens (tertiary/aromatic N) is 3. The third-order valence-corrected chi connectivity index (χ3v) is 5.35. The van der Waals surface area contributed by atoms with Gasteiger partial charge in [0.25, 0.3) is 5.91 Å². The van der Waals surface area contributed by atoms with Crippen LogP contribution in [-0.2, 0) is 4.74 Å². The average Bonchev–Trinajstić information content (AvgIpc) is 3.32. The Morgan fingerprint density at radius 2 is 2.04 bits per heavy atom. The second kappa shape index (κ2) is 6.61. The van der Waals surface area contributed by atoms with Crippen molar-refractivity contribution in [1.29, 1.82) is 0 Å². The van der Waals surface area contributed by atoms with E-state index in [9.17, 15) is 4.79 Å². The van der Waals surface area contributed by atoms with E-state index in [0.717, 1.165) is 63.5 Å². The molecule has 1 saturated carbocycles. The van der Waals surface area contributed by atoms with Gasteiger partial charge in [0, 0.05) is 38.1 Å². The van der Waals surface area contributed by atoms with Crippen molar-refractivity contribution in [3.8, 4) is 0 Å². The molecule has 23 heavy (non-hydrogen) atoms. The number of hydrogen-bond acceptors (Lipinski definition) is 4. The summed E-state index contributed by atoms with van der Waals surface area (Å²) < 4.78 is 5.44. The first kappa shape index (κ1) is 15.1. The summed E-state index contributed by atoms with van der Waals surface area (Å²) in [7, 11) is 0. The van der Waals surface area contributed by atoms with Gasteiger partial charge >= 0.3 is 0 Å². The number of H-pyrrole nitrogens is 1. The van der Waals surface area contributed by atoms with Crippen molar-refractivity contribution >= 4 is 5.91 Å². The van der Waals surface area contributed by atoms with E-state index in [-0.39, 0.29) is 5.91 Å². The van der Waals surface area contributed by atoms with Crippen LogP contribution in [0.4, 0.5) is 0 Å². The maximum atomic E-state index is 13.1. The van der Waals surface area contributed by atoms with Crippen molar-refractivity contribution in [1.82, 2.24) is 20.0 Å². The highest BCUT2D eigenvalue weighted by atomic mass is 16.5. The summed E-state index contributed by atoms with van der Waals surface area (Å²) in [4.78, 5) is 17.6. The Balaban J connectivity index is 1.47. The zero-order chi connectivity index (χ0) is 15.6. The Hall–Kier alpha value is -1.40. The van der Waals surface area contributed by atoms with Crippen molar-refractivity contribution in [3.63, 3.8) is 0 Å². The lowest BCUT2D eigenvalue weighted by atomic mass is 9.99. The molecule has 0 aromatic carbocycles. The van der Waals surface area contributed by atoms with Crippen LogP contribution < -0.4 is 0 Å². The van der Waals surface area contributed by atoms with E-state index in [4.69, 9.17) is 4.74 Å². The molecule has 1 aromatic rings.